The molecule has 0 atom stereocenters. The van der Waals surface area contributed by atoms with Gasteiger partial charge in [0, 0.05) is 0 Å². The van der Waals surface area contributed by atoms with Gasteiger partial charge in [0.05, 0.1) is 6.10 Å². The van der Waals surface area contributed by atoms with Crippen LogP contribution in [0.25, 0.3) is 0 Å². The number of ether oxygens (including phenoxy) is 1. The molecule has 11 heavy (non-hydrogen) atoms. The maximum atomic E-state index is 5.55. The van der Waals surface area contributed by atoms with Crippen LogP contribution in [0.5, 0.6) is 0 Å². The fraction of sp³-hybridized carbons (Fsp3) is 0.400. The molecular formula is C10H14O. The van der Waals surface area contributed by atoms with Crippen molar-refractivity contribution < 1.29 is 4.74 Å². The number of allylic oxidation sites excluding steroid dienone is 3. The maximum Gasteiger partial charge on any atom is 0.119 e. The summed E-state index contributed by atoms with van der Waals surface area (Å²) in [6.45, 7) is 7.25. The largest absolute Gasteiger partial charge is 0.490 e. The summed E-state index contributed by atoms with van der Waals surface area (Å²) >= 11 is 0. The first kappa shape index (κ1) is 8.12. The van der Waals surface area contributed by atoms with Crippen LogP contribution in [0.3, 0.4) is 0 Å². The first-order valence-corrected chi connectivity index (χ1v) is 3.98. The molecule has 0 aromatic rings. The van der Waals surface area contributed by atoms with Gasteiger partial charge < -0.3 is 4.74 Å². The van der Waals surface area contributed by atoms with Gasteiger partial charge in [-0.15, -0.1) is 0 Å². The van der Waals surface area contributed by atoms with Gasteiger partial charge in [-0.2, -0.15) is 0 Å². The molecule has 0 radical (unpaired) electrons. The summed E-state index contributed by atoms with van der Waals surface area (Å²) in [6, 6.07) is 0. The van der Waals surface area contributed by atoms with Gasteiger partial charge >= 0.3 is 0 Å². The minimum atomic E-state index is 0.430. The third-order valence-corrected chi connectivity index (χ3v) is 1.84. The molecule has 1 aliphatic rings. The van der Waals surface area contributed by atoms with Gasteiger partial charge in [0.15, 0.2) is 0 Å². The Hall–Kier alpha value is -0.980. The lowest BCUT2D eigenvalue weighted by Gasteiger charge is -2.26. The molecule has 1 heteroatoms. The summed E-state index contributed by atoms with van der Waals surface area (Å²) < 4.78 is 5.55. The summed E-state index contributed by atoms with van der Waals surface area (Å²) in [5, 5.41) is 0. The highest BCUT2D eigenvalue weighted by molar-refractivity contribution is 5.15. The van der Waals surface area contributed by atoms with Crippen LogP contribution < -0.4 is 0 Å². The summed E-state index contributed by atoms with van der Waals surface area (Å²) in [5.74, 6) is 0.838. The SMILES string of the molecule is C=C/C=C(\C=C)OC1CCC1. The van der Waals surface area contributed by atoms with Gasteiger partial charge in [0.25, 0.3) is 0 Å². The van der Waals surface area contributed by atoms with Crippen LogP contribution in [0, 0.1) is 0 Å². The zero-order valence-electron chi connectivity index (χ0n) is 6.75. The second kappa shape index (κ2) is 4.02. The summed E-state index contributed by atoms with van der Waals surface area (Å²) in [7, 11) is 0. The Balaban J connectivity index is 2.36. The van der Waals surface area contributed by atoms with Crippen molar-refractivity contribution in [2.45, 2.75) is 25.4 Å². The van der Waals surface area contributed by atoms with Gasteiger partial charge in [-0.1, -0.05) is 19.2 Å². The zero-order valence-corrected chi connectivity index (χ0v) is 6.75. The molecule has 0 spiro atoms. The molecule has 0 aliphatic heterocycles. The third-order valence-electron chi connectivity index (χ3n) is 1.84. The quantitative estimate of drug-likeness (QED) is 0.442. The van der Waals surface area contributed by atoms with Crippen molar-refractivity contribution in [3.63, 3.8) is 0 Å². The van der Waals surface area contributed by atoms with E-state index in [4.69, 9.17) is 4.74 Å². The minimum absolute atomic E-state index is 0.430. The molecule has 0 bridgehead atoms. The van der Waals surface area contributed by atoms with E-state index in [1.54, 1.807) is 12.2 Å². The molecular weight excluding hydrogens is 136 g/mol. The van der Waals surface area contributed by atoms with Gasteiger partial charge in [0.2, 0.25) is 0 Å². The van der Waals surface area contributed by atoms with E-state index in [2.05, 4.69) is 13.2 Å². The molecule has 0 saturated heterocycles. The molecule has 1 fully saturated rings. The van der Waals surface area contributed by atoms with Crippen molar-refractivity contribution in [1.29, 1.82) is 0 Å². The van der Waals surface area contributed by atoms with E-state index in [-0.39, 0.29) is 0 Å². The first-order valence-electron chi connectivity index (χ1n) is 3.98. The Morgan fingerprint density at radius 3 is 2.45 bits per heavy atom. The molecule has 60 valence electrons. The molecule has 0 heterocycles. The van der Waals surface area contributed by atoms with Crippen LogP contribution in [0.2, 0.25) is 0 Å². The van der Waals surface area contributed by atoms with Crippen LogP contribution >= 0.6 is 0 Å². The molecule has 0 amide bonds. The lowest BCUT2D eigenvalue weighted by molar-refractivity contribution is 0.0593. The average molecular weight is 150 g/mol. The van der Waals surface area contributed by atoms with Crippen molar-refractivity contribution in [1.82, 2.24) is 0 Å². The first-order chi connectivity index (χ1) is 5.36. The zero-order chi connectivity index (χ0) is 8.10. The number of rotatable bonds is 4. The molecule has 0 N–H and O–H groups in total. The van der Waals surface area contributed by atoms with Crippen LogP contribution in [0.1, 0.15) is 19.3 Å². The van der Waals surface area contributed by atoms with E-state index in [0.717, 1.165) is 5.76 Å². The molecule has 0 unspecified atom stereocenters. The molecule has 0 aromatic heterocycles. The summed E-state index contributed by atoms with van der Waals surface area (Å²) in [5.41, 5.74) is 0. The van der Waals surface area contributed by atoms with Gasteiger partial charge in [-0.05, 0) is 31.4 Å². The number of hydrogen-bond acceptors (Lipinski definition) is 1. The monoisotopic (exact) mass is 150 g/mol. The highest BCUT2D eigenvalue weighted by atomic mass is 16.5. The van der Waals surface area contributed by atoms with Gasteiger partial charge in [-0.3, -0.25) is 0 Å². The van der Waals surface area contributed by atoms with E-state index >= 15 is 0 Å². The average Bonchev–Trinajstić information content (AvgIpc) is 1.94. The van der Waals surface area contributed by atoms with Crippen LogP contribution in [0.15, 0.2) is 37.1 Å². The highest BCUT2D eigenvalue weighted by Gasteiger charge is 2.18. The number of hydrogen-bond donors (Lipinski definition) is 0. The predicted octanol–water partition coefficient (Wildman–Crippen LogP) is 2.81. The predicted molar refractivity (Wildman–Crippen MR) is 47.2 cm³/mol. The van der Waals surface area contributed by atoms with E-state index in [1.165, 1.54) is 19.3 Å². The molecule has 1 saturated carbocycles. The minimum Gasteiger partial charge on any atom is -0.490 e. The molecule has 0 aromatic carbocycles. The Morgan fingerprint density at radius 2 is 2.09 bits per heavy atom. The van der Waals surface area contributed by atoms with Crippen molar-refractivity contribution in [3.05, 3.63) is 37.1 Å². The maximum absolute atomic E-state index is 5.55. The molecule has 1 aliphatic carbocycles. The lowest BCUT2D eigenvalue weighted by Crippen LogP contribution is -2.20. The Kier molecular flexibility index (Phi) is 2.96. The van der Waals surface area contributed by atoms with Crippen molar-refractivity contribution in [2.24, 2.45) is 0 Å². The Morgan fingerprint density at radius 1 is 1.36 bits per heavy atom. The smallest absolute Gasteiger partial charge is 0.119 e. The van der Waals surface area contributed by atoms with Gasteiger partial charge in [0.1, 0.15) is 5.76 Å². The fourth-order valence-electron chi connectivity index (χ4n) is 0.953. The van der Waals surface area contributed by atoms with Crippen LogP contribution in [-0.2, 0) is 4.74 Å². The standard InChI is InChI=1S/C10H14O/c1-3-6-9(4-2)11-10-7-5-8-10/h3-4,6,10H,1-2,5,7-8H2/b9-6+. The second-order valence-corrected chi connectivity index (χ2v) is 2.68. The van der Waals surface area contributed by atoms with Gasteiger partial charge in [-0.25, -0.2) is 0 Å². The van der Waals surface area contributed by atoms with Crippen LogP contribution in [0.4, 0.5) is 0 Å². The Labute approximate surface area is 68.1 Å². The van der Waals surface area contributed by atoms with Crippen molar-refractivity contribution in [2.75, 3.05) is 0 Å². The van der Waals surface area contributed by atoms with E-state index in [1.807, 2.05) is 6.08 Å². The van der Waals surface area contributed by atoms with Crippen molar-refractivity contribution >= 4 is 0 Å². The second-order valence-electron chi connectivity index (χ2n) is 2.68. The van der Waals surface area contributed by atoms with E-state index < -0.39 is 0 Å². The summed E-state index contributed by atoms with van der Waals surface area (Å²) in [4.78, 5) is 0. The third kappa shape index (κ3) is 2.26. The topological polar surface area (TPSA) is 9.23 Å². The van der Waals surface area contributed by atoms with Crippen molar-refractivity contribution in [3.8, 4) is 0 Å². The molecule has 1 rings (SSSR count). The lowest BCUT2D eigenvalue weighted by atomic mass is 9.96. The molecule has 1 nitrogen and oxygen atoms in total. The Bertz CT molecular complexity index is 175. The van der Waals surface area contributed by atoms with Crippen LogP contribution in [-0.4, -0.2) is 6.10 Å². The normalized spacial score (nSPS) is 18.7. The highest BCUT2D eigenvalue weighted by Crippen LogP contribution is 2.24. The fourth-order valence-corrected chi connectivity index (χ4v) is 0.953. The van der Waals surface area contributed by atoms with E-state index in [0.29, 0.717) is 6.10 Å². The summed E-state index contributed by atoms with van der Waals surface area (Å²) in [6.07, 6.45) is 9.37. The van der Waals surface area contributed by atoms with E-state index in [9.17, 15) is 0 Å².